The Balaban J connectivity index is 1.69. The van der Waals surface area contributed by atoms with Gasteiger partial charge in [-0.2, -0.15) is 5.10 Å². The molecular formula is C15H20N4O2. The third kappa shape index (κ3) is 3.59. The number of rotatable bonds is 5. The number of hydrogen-bond donors (Lipinski definition) is 1. The molecule has 0 saturated carbocycles. The number of aromatic nitrogens is 3. The van der Waals surface area contributed by atoms with Crippen LogP contribution < -0.4 is 10.1 Å². The minimum absolute atomic E-state index is 0.312. The number of nitrogens with zero attached hydrogens (tertiary/aromatic N) is 3. The van der Waals surface area contributed by atoms with E-state index < -0.39 is 0 Å². The van der Waals surface area contributed by atoms with Crippen LogP contribution in [0.5, 0.6) is 5.75 Å². The first-order valence-corrected chi connectivity index (χ1v) is 7.16. The number of morpholine rings is 1. The summed E-state index contributed by atoms with van der Waals surface area (Å²) in [6.45, 7) is 3.10. The first-order chi connectivity index (χ1) is 10.3. The fraction of sp³-hybridized carbons (Fsp3) is 0.467. The van der Waals surface area contributed by atoms with Gasteiger partial charge in [0.25, 0.3) is 0 Å². The molecule has 0 aliphatic carbocycles. The number of nitrogens with one attached hydrogen (secondary N) is 1. The van der Waals surface area contributed by atoms with Gasteiger partial charge in [-0.3, -0.25) is 0 Å². The zero-order chi connectivity index (χ0) is 14.5. The van der Waals surface area contributed by atoms with Gasteiger partial charge in [0.1, 0.15) is 17.9 Å². The Labute approximate surface area is 124 Å². The quantitative estimate of drug-likeness (QED) is 0.884. The average molecular weight is 288 g/mol. The fourth-order valence-electron chi connectivity index (χ4n) is 2.49. The molecule has 3 rings (SSSR count). The summed E-state index contributed by atoms with van der Waals surface area (Å²) in [6.07, 6.45) is 2.43. The van der Waals surface area contributed by atoms with Crippen molar-refractivity contribution >= 4 is 0 Å². The standard InChI is InChI=1S/C15H20N4O2/c1-20-14-4-2-3-12(7-14)9-19-15(17-11-18-19)8-13-10-21-6-5-16-13/h2-4,7,11,13,16H,5-6,8-10H2,1H3/t13-/m1/s1. The maximum absolute atomic E-state index is 5.48. The van der Waals surface area contributed by atoms with Crippen LogP contribution in [-0.4, -0.2) is 47.7 Å². The van der Waals surface area contributed by atoms with Crippen molar-refractivity contribution in [3.8, 4) is 5.75 Å². The summed E-state index contributed by atoms with van der Waals surface area (Å²) in [5, 5.41) is 7.77. The molecule has 1 N–H and O–H groups in total. The second-order valence-electron chi connectivity index (χ2n) is 5.12. The molecule has 1 aliphatic heterocycles. The van der Waals surface area contributed by atoms with E-state index in [2.05, 4.69) is 21.5 Å². The Morgan fingerprint density at radius 2 is 2.43 bits per heavy atom. The third-order valence-corrected chi connectivity index (χ3v) is 3.59. The van der Waals surface area contributed by atoms with E-state index in [0.717, 1.165) is 43.3 Å². The van der Waals surface area contributed by atoms with Crippen LogP contribution in [-0.2, 0) is 17.7 Å². The molecule has 21 heavy (non-hydrogen) atoms. The summed E-state index contributed by atoms with van der Waals surface area (Å²) in [5.41, 5.74) is 1.15. The molecule has 0 unspecified atom stereocenters. The zero-order valence-corrected chi connectivity index (χ0v) is 12.2. The monoisotopic (exact) mass is 288 g/mol. The average Bonchev–Trinajstić information content (AvgIpc) is 2.95. The largest absolute Gasteiger partial charge is 0.497 e. The highest BCUT2D eigenvalue weighted by atomic mass is 16.5. The number of ether oxygens (including phenoxy) is 2. The lowest BCUT2D eigenvalue weighted by Gasteiger charge is -2.23. The van der Waals surface area contributed by atoms with Crippen molar-refractivity contribution in [2.24, 2.45) is 0 Å². The number of benzene rings is 1. The molecule has 2 aromatic rings. The van der Waals surface area contributed by atoms with E-state index in [-0.39, 0.29) is 0 Å². The van der Waals surface area contributed by atoms with Crippen LogP contribution in [0, 0.1) is 0 Å². The van der Waals surface area contributed by atoms with Gasteiger partial charge in [-0.05, 0) is 17.7 Å². The number of hydrogen-bond acceptors (Lipinski definition) is 5. The predicted octanol–water partition coefficient (Wildman–Crippen LogP) is 0.866. The summed E-state index contributed by atoms with van der Waals surface area (Å²) in [5.74, 6) is 1.83. The maximum atomic E-state index is 5.48. The van der Waals surface area contributed by atoms with Crippen LogP contribution in [0.25, 0.3) is 0 Å². The smallest absolute Gasteiger partial charge is 0.138 e. The first-order valence-electron chi connectivity index (χ1n) is 7.16. The lowest BCUT2D eigenvalue weighted by Crippen LogP contribution is -2.43. The van der Waals surface area contributed by atoms with Crippen LogP contribution in [0.15, 0.2) is 30.6 Å². The van der Waals surface area contributed by atoms with Gasteiger partial charge in [0, 0.05) is 19.0 Å². The normalized spacial score (nSPS) is 18.6. The third-order valence-electron chi connectivity index (χ3n) is 3.59. The fourth-order valence-corrected chi connectivity index (χ4v) is 2.49. The van der Waals surface area contributed by atoms with Crippen LogP contribution in [0.1, 0.15) is 11.4 Å². The summed E-state index contributed by atoms with van der Waals surface area (Å²) in [4.78, 5) is 4.37. The summed E-state index contributed by atoms with van der Waals surface area (Å²) < 4.78 is 12.7. The van der Waals surface area contributed by atoms with Gasteiger partial charge < -0.3 is 14.8 Å². The van der Waals surface area contributed by atoms with E-state index >= 15 is 0 Å². The van der Waals surface area contributed by atoms with Crippen LogP contribution in [0.4, 0.5) is 0 Å². The lowest BCUT2D eigenvalue weighted by molar-refractivity contribution is 0.0761. The van der Waals surface area contributed by atoms with Crippen molar-refractivity contribution in [2.75, 3.05) is 26.9 Å². The Bertz CT molecular complexity index is 579. The number of methoxy groups -OCH3 is 1. The van der Waals surface area contributed by atoms with Gasteiger partial charge in [-0.1, -0.05) is 12.1 Å². The van der Waals surface area contributed by atoms with E-state index in [9.17, 15) is 0 Å². The van der Waals surface area contributed by atoms with Gasteiger partial charge in [-0.15, -0.1) is 0 Å². The van der Waals surface area contributed by atoms with Crippen molar-refractivity contribution in [1.29, 1.82) is 0 Å². The van der Waals surface area contributed by atoms with Crippen LogP contribution in [0.3, 0.4) is 0 Å². The second-order valence-corrected chi connectivity index (χ2v) is 5.12. The SMILES string of the molecule is COc1cccc(Cn2ncnc2C[C@@H]2COCCN2)c1. The molecule has 112 valence electrons. The Hall–Kier alpha value is -1.92. The molecule has 6 heteroatoms. The molecule has 6 nitrogen and oxygen atoms in total. The lowest BCUT2D eigenvalue weighted by atomic mass is 10.2. The van der Waals surface area contributed by atoms with Crippen molar-refractivity contribution < 1.29 is 9.47 Å². The van der Waals surface area contributed by atoms with E-state index in [1.807, 2.05) is 22.9 Å². The Kier molecular flexibility index (Phi) is 4.47. The van der Waals surface area contributed by atoms with E-state index in [4.69, 9.17) is 9.47 Å². The molecule has 1 fully saturated rings. The van der Waals surface area contributed by atoms with Crippen molar-refractivity contribution in [2.45, 2.75) is 19.0 Å². The van der Waals surface area contributed by atoms with Gasteiger partial charge in [-0.25, -0.2) is 9.67 Å². The molecule has 1 aromatic carbocycles. The first kappa shape index (κ1) is 14.0. The second kappa shape index (κ2) is 6.69. The van der Waals surface area contributed by atoms with Crippen LogP contribution >= 0.6 is 0 Å². The highest BCUT2D eigenvalue weighted by Crippen LogP contribution is 2.14. The molecule has 2 heterocycles. The van der Waals surface area contributed by atoms with Crippen molar-refractivity contribution in [1.82, 2.24) is 20.1 Å². The van der Waals surface area contributed by atoms with Crippen molar-refractivity contribution in [3.63, 3.8) is 0 Å². The summed E-state index contributed by atoms with van der Waals surface area (Å²) in [7, 11) is 1.68. The highest BCUT2D eigenvalue weighted by molar-refractivity contribution is 5.28. The Morgan fingerprint density at radius 1 is 1.48 bits per heavy atom. The summed E-state index contributed by atoms with van der Waals surface area (Å²) >= 11 is 0. The molecule has 1 aromatic heterocycles. The molecule has 0 radical (unpaired) electrons. The zero-order valence-electron chi connectivity index (χ0n) is 12.2. The van der Waals surface area contributed by atoms with E-state index in [1.54, 1.807) is 13.4 Å². The van der Waals surface area contributed by atoms with E-state index in [0.29, 0.717) is 12.6 Å². The van der Waals surface area contributed by atoms with Gasteiger partial charge in [0.15, 0.2) is 0 Å². The molecular weight excluding hydrogens is 268 g/mol. The molecule has 1 atom stereocenters. The molecule has 1 aliphatic rings. The topological polar surface area (TPSA) is 61.2 Å². The highest BCUT2D eigenvalue weighted by Gasteiger charge is 2.16. The molecule has 0 amide bonds. The molecule has 0 spiro atoms. The van der Waals surface area contributed by atoms with Gasteiger partial charge in [0.05, 0.1) is 26.9 Å². The minimum atomic E-state index is 0.312. The molecule has 1 saturated heterocycles. The summed E-state index contributed by atoms with van der Waals surface area (Å²) in [6, 6.07) is 8.33. The minimum Gasteiger partial charge on any atom is -0.497 e. The van der Waals surface area contributed by atoms with Gasteiger partial charge in [0.2, 0.25) is 0 Å². The van der Waals surface area contributed by atoms with Crippen molar-refractivity contribution in [3.05, 3.63) is 42.0 Å². The Morgan fingerprint density at radius 3 is 3.24 bits per heavy atom. The maximum Gasteiger partial charge on any atom is 0.138 e. The predicted molar refractivity (Wildman–Crippen MR) is 78.4 cm³/mol. The molecule has 0 bridgehead atoms. The van der Waals surface area contributed by atoms with Gasteiger partial charge >= 0.3 is 0 Å². The van der Waals surface area contributed by atoms with E-state index in [1.165, 1.54) is 0 Å². The van der Waals surface area contributed by atoms with Crippen LogP contribution in [0.2, 0.25) is 0 Å².